The van der Waals surface area contributed by atoms with Gasteiger partial charge in [0.1, 0.15) is 6.07 Å². The van der Waals surface area contributed by atoms with Crippen molar-refractivity contribution < 1.29 is 4.79 Å². The summed E-state index contributed by atoms with van der Waals surface area (Å²) in [4.78, 5) is 11.5. The summed E-state index contributed by atoms with van der Waals surface area (Å²) in [6.45, 7) is 0.310. The molecule has 4 nitrogen and oxygen atoms in total. The molecule has 82 valence electrons. The SMILES string of the molecule is N#Cc1ccccc1NC(=O)CNC1CC1. The second-order valence-electron chi connectivity index (χ2n) is 3.86. The van der Waals surface area contributed by atoms with Crippen molar-refractivity contribution >= 4 is 11.6 Å². The lowest BCUT2D eigenvalue weighted by Gasteiger charge is -2.07. The molecule has 1 aromatic rings. The molecule has 16 heavy (non-hydrogen) atoms. The highest BCUT2D eigenvalue weighted by Crippen LogP contribution is 2.18. The van der Waals surface area contributed by atoms with E-state index >= 15 is 0 Å². The van der Waals surface area contributed by atoms with E-state index in [0.717, 1.165) is 12.8 Å². The summed E-state index contributed by atoms with van der Waals surface area (Å²) in [6.07, 6.45) is 2.31. The summed E-state index contributed by atoms with van der Waals surface area (Å²) in [6, 6.07) is 9.54. The van der Waals surface area contributed by atoms with Crippen LogP contribution in [0.15, 0.2) is 24.3 Å². The van der Waals surface area contributed by atoms with Gasteiger partial charge in [0.2, 0.25) is 5.91 Å². The molecule has 0 unspecified atom stereocenters. The lowest BCUT2D eigenvalue weighted by molar-refractivity contribution is -0.115. The van der Waals surface area contributed by atoms with Crippen molar-refractivity contribution in [1.82, 2.24) is 5.32 Å². The van der Waals surface area contributed by atoms with E-state index in [4.69, 9.17) is 5.26 Å². The van der Waals surface area contributed by atoms with Crippen LogP contribution in [0.4, 0.5) is 5.69 Å². The zero-order valence-corrected chi connectivity index (χ0v) is 8.86. The van der Waals surface area contributed by atoms with Crippen molar-refractivity contribution in [2.24, 2.45) is 0 Å². The highest BCUT2D eigenvalue weighted by atomic mass is 16.1. The van der Waals surface area contributed by atoms with Crippen molar-refractivity contribution in [1.29, 1.82) is 5.26 Å². The molecule has 1 aliphatic rings. The minimum Gasteiger partial charge on any atom is -0.324 e. The van der Waals surface area contributed by atoms with Crippen molar-refractivity contribution in [3.8, 4) is 6.07 Å². The first-order chi connectivity index (χ1) is 7.79. The minimum atomic E-state index is -0.102. The van der Waals surface area contributed by atoms with Gasteiger partial charge in [-0.1, -0.05) is 12.1 Å². The van der Waals surface area contributed by atoms with E-state index in [1.54, 1.807) is 24.3 Å². The molecule has 0 radical (unpaired) electrons. The number of hydrogen-bond donors (Lipinski definition) is 2. The first kappa shape index (κ1) is 10.7. The Morgan fingerprint density at radius 2 is 2.19 bits per heavy atom. The molecule has 1 aromatic carbocycles. The van der Waals surface area contributed by atoms with Crippen molar-refractivity contribution in [2.45, 2.75) is 18.9 Å². The zero-order valence-electron chi connectivity index (χ0n) is 8.86. The average Bonchev–Trinajstić information content (AvgIpc) is 3.11. The predicted molar refractivity (Wildman–Crippen MR) is 60.8 cm³/mol. The Labute approximate surface area is 94.3 Å². The van der Waals surface area contributed by atoms with E-state index in [2.05, 4.69) is 10.6 Å². The number of carbonyl (C=O) groups is 1. The number of para-hydroxylation sites is 1. The average molecular weight is 215 g/mol. The quantitative estimate of drug-likeness (QED) is 0.794. The van der Waals surface area contributed by atoms with Crippen LogP contribution in [0.2, 0.25) is 0 Å². The lowest BCUT2D eigenvalue weighted by Crippen LogP contribution is -2.29. The van der Waals surface area contributed by atoms with Crippen LogP contribution in [0.25, 0.3) is 0 Å². The molecule has 0 aromatic heterocycles. The van der Waals surface area contributed by atoms with Crippen LogP contribution in [-0.2, 0) is 4.79 Å². The Balaban J connectivity index is 1.91. The van der Waals surface area contributed by atoms with Crippen LogP contribution in [-0.4, -0.2) is 18.5 Å². The van der Waals surface area contributed by atoms with Crippen molar-refractivity contribution in [3.63, 3.8) is 0 Å². The van der Waals surface area contributed by atoms with Gasteiger partial charge in [0.15, 0.2) is 0 Å². The summed E-state index contributed by atoms with van der Waals surface area (Å²) >= 11 is 0. The molecule has 1 amide bonds. The van der Waals surface area contributed by atoms with E-state index < -0.39 is 0 Å². The van der Waals surface area contributed by atoms with E-state index in [9.17, 15) is 4.79 Å². The zero-order chi connectivity index (χ0) is 11.4. The molecule has 1 saturated carbocycles. The van der Waals surface area contributed by atoms with Gasteiger partial charge in [0, 0.05) is 6.04 Å². The van der Waals surface area contributed by atoms with Crippen molar-refractivity contribution in [2.75, 3.05) is 11.9 Å². The van der Waals surface area contributed by atoms with Crippen LogP contribution < -0.4 is 10.6 Å². The van der Waals surface area contributed by atoms with Gasteiger partial charge in [0.25, 0.3) is 0 Å². The van der Waals surface area contributed by atoms with E-state index in [1.165, 1.54) is 0 Å². The highest BCUT2D eigenvalue weighted by molar-refractivity contribution is 5.93. The largest absolute Gasteiger partial charge is 0.324 e. The summed E-state index contributed by atoms with van der Waals surface area (Å²) in [7, 11) is 0. The number of nitrogens with zero attached hydrogens (tertiary/aromatic N) is 1. The third kappa shape index (κ3) is 2.81. The second-order valence-corrected chi connectivity index (χ2v) is 3.86. The maximum absolute atomic E-state index is 11.5. The molecule has 2 rings (SSSR count). The molecule has 2 N–H and O–H groups in total. The molecular weight excluding hydrogens is 202 g/mol. The fraction of sp³-hybridized carbons (Fsp3) is 0.333. The Kier molecular flexibility index (Phi) is 3.18. The van der Waals surface area contributed by atoms with Gasteiger partial charge < -0.3 is 10.6 Å². The number of carbonyl (C=O) groups excluding carboxylic acids is 1. The topological polar surface area (TPSA) is 64.9 Å². The normalized spacial score (nSPS) is 14.2. The molecule has 1 aliphatic carbocycles. The monoisotopic (exact) mass is 215 g/mol. The number of nitriles is 1. The minimum absolute atomic E-state index is 0.102. The van der Waals surface area contributed by atoms with Crippen LogP contribution in [0.3, 0.4) is 0 Å². The van der Waals surface area contributed by atoms with Gasteiger partial charge in [-0.3, -0.25) is 4.79 Å². The Hall–Kier alpha value is -1.86. The van der Waals surface area contributed by atoms with E-state index in [1.807, 2.05) is 6.07 Å². The molecule has 1 fully saturated rings. The highest BCUT2D eigenvalue weighted by Gasteiger charge is 2.21. The smallest absolute Gasteiger partial charge is 0.238 e. The van der Waals surface area contributed by atoms with Gasteiger partial charge in [-0.05, 0) is 25.0 Å². The molecule has 0 aliphatic heterocycles. The van der Waals surface area contributed by atoms with Crippen LogP contribution in [0, 0.1) is 11.3 Å². The number of anilines is 1. The number of nitrogens with one attached hydrogen (secondary N) is 2. The number of amides is 1. The molecule has 0 bridgehead atoms. The molecule has 0 atom stereocenters. The number of benzene rings is 1. The van der Waals surface area contributed by atoms with Crippen molar-refractivity contribution in [3.05, 3.63) is 29.8 Å². The summed E-state index contributed by atoms with van der Waals surface area (Å²) in [5.41, 5.74) is 1.06. The Morgan fingerprint density at radius 1 is 1.44 bits per heavy atom. The fourth-order valence-electron chi connectivity index (χ4n) is 1.41. The van der Waals surface area contributed by atoms with E-state index in [-0.39, 0.29) is 5.91 Å². The van der Waals surface area contributed by atoms with Crippen LogP contribution in [0.1, 0.15) is 18.4 Å². The molecule has 4 heteroatoms. The summed E-state index contributed by atoms with van der Waals surface area (Å²) in [5.74, 6) is -0.102. The molecule has 0 spiro atoms. The maximum Gasteiger partial charge on any atom is 0.238 e. The molecule has 0 saturated heterocycles. The van der Waals surface area contributed by atoms with E-state index in [0.29, 0.717) is 23.8 Å². The lowest BCUT2D eigenvalue weighted by atomic mass is 10.2. The van der Waals surface area contributed by atoms with Gasteiger partial charge >= 0.3 is 0 Å². The van der Waals surface area contributed by atoms with Gasteiger partial charge in [0.05, 0.1) is 17.8 Å². The fourth-order valence-corrected chi connectivity index (χ4v) is 1.41. The third-order valence-electron chi connectivity index (χ3n) is 2.45. The maximum atomic E-state index is 11.5. The third-order valence-corrected chi connectivity index (χ3v) is 2.45. The van der Waals surface area contributed by atoms with Gasteiger partial charge in [-0.25, -0.2) is 0 Å². The number of rotatable bonds is 4. The van der Waals surface area contributed by atoms with Crippen LogP contribution >= 0.6 is 0 Å². The van der Waals surface area contributed by atoms with Gasteiger partial charge in [-0.2, -0.15) is 5.26 Å². The van der Waals surface area contributed by atoms with Crippen LogP contribution in [0.5, 0.6) is 0 Å². The first-order valence-corrected chi connectivity index (χ1v) is 5.32. The Bertz CT molecular complexity index is 432. The molecular formula is C12H13N3O. The second kappa shape index (κ2) is 4.77. The van der Waals surface area contributed by atoms with Gasteiger partial charge in [-0.15, -0.1) is 0 Å². The number of hydrogen-bond acceptors (Lipinski definition) is 3. The predicted octanol–water partition coefficient (Wildman–Crippen LogP) is 1.25. The summed E-state index contributed by atoms with van der Waals surface area (Å²) in [5, 5.41) is 14.7. The first-order valence-electron chi connectivity index (χ1n) is 5.32. The summed E-state index contributed by atoms with van der Waals surface area (Å²) < 4.78 is 0. The molecule has 0 heterocycles. The standard InChI is InChI=1S/C12H13N3O/c13-7-9-3-1-2-4-11(9)15-12(16)8-14-10-5-6-10/h1-4,10,14H,5-6,8H2,(H,15,16). The Morgan fingerprint density at radius 3 is 2.88 bits per heavy atom.